The molecule has 0 amide bonds. The second-order valence-corrected chi connectivity index (χ2v) is 5.58. The lowest BCUT2D eigenvalue weighted by Gasteiger charge is -2.17. The van der Waals surface area contributed by atoms with Crippen LogP contribution < -0.4 is 5.32 Å². The number of anilines is 1. The number of unbranched alkanes of at least 4 members (excludes halogenated alkanes) is 2. The van der Waals surface area contributed by atoms with E-state index in [9.17, 15) is 5.11 Å². The molecule has 0 spiro atoms. The van der Waals surface area contributed by atoms with Gasteiger partial charge in [0, 0.05) is 24.2 Å². The monoisotopic (exact) mass is 381 g/mol. The molecule has 0 atom stereocenters. The van der Waals surface area contributed by atoms with Crippen LogP contribution in [0.2, 0.25) is 0 Å². The number of aromatic nitrogens is 1. The van der Waals surface area contributed by atoms with E-state index in [0.29, 0.717) is 0 Å². The highest BCUT2D eigenvalue weighted by Crippen LogP contribution is 2.26. The summed E-state index contributed by atoms with van der Waals surface area (Å²) in [5, 5.41) is 14.2. The van der Waals surface area contributed by atoms with Crippen molar-refractivity contribution < 1.29 is 5.11 Å². The minimum Gasteiger partial charge on any atom is -0.508 e. The van der Waals surface area contributed by atoms with Crippen LogP contribution in [-0.4, -0.2) is 41.2 Å². The molecule has 0 aliphatic carbocycles. The van der Waals surface area contributed by atoms with Crippen molar-refractivity contribution >= 4 is 33.6 Å². The number of fused-ring (bicyclic) bond motifs is 1. The molecule has 0 radical (unpaired) electrons. The van der Waals surface area contributed by atoms with Crippen molar-refractivity contribution in [3.8, 4) is 5.75 Å². The number of hydrogen-bond acceptors (Lipinski definition) is 4. The van der Waals surface area contributed by atoms with Crippen molar-refractivity contribution in [2.45, 2.75) is 33.1 Å². The first-order valence-electron chi connectivity index (χ1n) is 8.28. The van der Waals surface area contributed by atoms with Crippen molar-refractivity contribution in [3.63, 3.8) is 0 Å². The molecule has 4 nitrogen and oxygen atoms in total. The molecule has 23 heavy (non-hydrogen) atoms. The fourth-order valence-electron chi connectivity index (χ4n) is 2.71. The van der Waals surface area contributed by atoms with Gasteiger partial charge in [0.25, 0.3) is 0 Å². The van der Waals surface area contributed by atoms with E-state index in [4.69, 9.17) is 0 Å². The van der Waals surface area contributed by atoms with Gasteiger partial charge in [-0.25, -0.2) is 0 Å². The highest BCUT2D eigenvalue weighted by Gasteiger charge is 2.04. The fourth-order valence-corrected chi connectivity index (χ4v) is 2.71. The second-order valence-electron chi connectivity index (χ2n) is 5.58. The van der Waals surface area contributed by atoms with Crippen molar-refractivity contribution in [2.75, 3.05) is 31.5 Å². The highest BCUT2D eigenvalue weighted by molar-refractivity contribution is 8.93. The van der Waals surface area contributed by atoms with Crippen LogP contribution in [0.1, 0.15) is 33.1 Å². The summed E-state index contributed by atoms with van der Waals surface area (Å²) in [5.41, 5.74) is 1.84. The highest BCUT2D eigenvalue weighted by atomic mass is 79.9. The molecule has 2 aromatic rings. The zero-order chi connectivity index (χ0) is 15.8. The fraction of sp³-hybridized carbons (Fsp3) is 0.500. The molecule has 0 aliphatic heterocycles. The van der Waals surface area contributed by atoms with Crippen molar-refractivity contribution in [3.05, 3.63) is 30.5 Å². The molecular formula is C18H28BrN3O. The van der Waals surface area contributed by atoms with Gasteiger partial charge in [-0.15, -0.1) is 17.0 Å². The molecule has 2 N–H and O–H groups in total. The molecule has 0 bridgehead atoms. The van der Waals surface area contributed by atoms with Crippen LogP contribution in [0.4, 0.5) is 5.69 Å². The molecule has 5 heteroatoms. The zero-order valence-electron chi connectivity index (χ0n) is 14.1. The van der Waals surface area contributed by atoms with Crippen LogP contribution in [0.15, 0.2) is 30.5 Å². The largest absolute Gasteiger partial charge is 0.508 e. The third-order valence-electron chi connectivity index (χ3n) is 4.05. The lowest BCUT2D eigenvalue weighted by Crippen LogP contribution is -2.23. The van der Waals surface area contributed by atoms with Crippen molar-refractivity contribution in [1.29, 1.82) is 0 Å². The maximum atomic E-state index is 9.79. The molecule has 2 rings (SSSR count). The number of halogens is 1. The van der Waals surface area contributed by atoms with E-state index in [1.807, 2.05) is 12.1 Å². The van der Waals surface area contributed by atoms with E-state index in [0.717, 1.165) is 42.6 Å². The summed E-state index contributed by atoms with van der Waals surface area (Å²) in [7, 11) is 0. The summed E-state index contributed by atoms with van der Waals surface area (Å²) in [5.74, 6) is 0.282. The lowest BCUT2D eigenvalue weighted by molar-refractivity contribution is 0.296. The van der Waals surface area contributed by atoms with Crippen LogP contribution in [0.25, 0.3) is 10.9 Å². The van der Waals surface area contributed by atoms with Crippen molar-refractivity contribution in [1.82, 2.24) is 9.88 Å². The number of nitrogens with one attached hydrogen (secondary N) is 1. The number of phenolic OH excluding ortho intramolecular Hbond substituents is 1. The quantitative estimate of drug-likeness (QED) is 0.630. The van der Waals surface area contributed by atoms with Gasteiger partial charge >= 0.3 is 0 Å². The van der Waals surface area contributed by atoms with E-state index < -0.39 is 0 Å². The number of rotatable bonds is 9. The maximum absolute atomic E-state index is 9.79. The van der Waals surface area contributed by atoms with Gasteiger partial charge in [0.1, 0.15) is 5.75 Å². The molecule has 0 fully saturated rings. The normalized spacial score (nSPS) is 10.7. The Morgan fingerprint density at radius 1 is 1.13 bits per heavy atom. The van der Waals surface area contributed by atoms with Crippen LogP contribution in [0.5, 0.6) is 5.75 Å². The molecule has 0 unspecified atom stereocenters. The van der Waals surface area contributed by atoms with Gasteiger partial charge < -0.3 is 15.3 Å². The maximum Gasteiger partial charge on any atom is 0.118 e. The van der Waals surface area contributed by atoms with Crippen molar-refractivity contribution in [2.24, 2.45) is 0 Å². The van der Waals surface area contributed by atoms with Gasteiger partial charge in [-0.1, -0.05) is 26.3 Å². The Bertz CT molecular complexity index is 587. The first-order chi connectivity index (χ1) is 10.7. The molecule has 128 valence electrons. The Labute approximate surface area is 149 Å². The Morgan fingerprint density at radius 2 is 1.91 bits per heavy atom. The van der Waals surface area contributed by atoms with Gasteiger partial charge in [0.2, 0.25) is 0 Å². The standard InChI is InChI=1S/C18H27N3O.BrH/c1-3-21(4-2)12-7-5-6-10-19-17-14-16(22)13-15-9-8-11-20-18(15)17;/h8-9,11,13-14,19,22H,3-7,10,12H2,1-2H3;1H. The van der Waals surface area contributed by atoms with Gasteiger partial charge in [0.05, 0.1) is 11.2 Å². The van der Waals surface area contributed by atoms with E-state index in [2.05, 4.69) is 29.0 Å². The number of benzene rings is 1. The Morgan fingerprint density at radius 3 is 2.65 bits per heavy atom. The Kier molecular flexibility index (Phi) is 8.95. The predicted octanol–water partition coefficient (Wildman–Crippen LogP) is 4.44. The third-order valence-corrected chi connectivity index (χ3v) is 4.05. The number of aromatic hydroxyl groups is 1. The number of nitrogens with zero attached hydrogens (tertiary/aromatic N) is 2. The summed E-state index contributed by atoms with van der Waals surface area (Å²) in [6.45, 7) is 8.79. The summed E-state index contributed by atoms with van der Waals surface area (Å²) in [4.78, 5) is 6.86. The average Bonchev–Trinajstić information content (AvgIpc) is 2.54. The van der Waals surface area contributed by atoms with E-state index in [-0.39, 0.29) is 22.7 Å². The number of phenols is 1. The average molecular weight is 382 g/mol. The lowest BCUT2D eigenvalue weighted by atomic mass is 10.1. The Balaban J connectivity index is 0.00000264. The number of hydrogen-bond donors (Lipinski definition) is 2. The summed E-state index contributed by atoms with van der Waals surface area (Å²) >= 11 is 0. The first kappa shape index (κ1) is 19.7. The van der Waals surface area contributed by atoms with Gasteiger partial charge in [-0.2, -0.15) is 0 Å². The topological polar surface area (TPSA) is 48.4 Å². The van der Waals surface area contributed by atoms with Crippen LogP contribution >= 0.6 is 17.0 Å². The smallest absolute Gasteiger partial charge is 0.118 e. The van der Waals surface area contributed by atoms with Crippen LogP contribution in [0, 0.1) is 0 Å². The SMILES string of the molecule is Br.CCN(CC)CCCCCNc1cc(O)cc2cccnc12. The van der Waals surface area contributed by atoms with Gasteiger partial charge in [0.15, 0.2) is 0 Å². The summed E-state index contributed by atoms with van der Waals surface area (Å²) < 4.78 is 0. The molecule has 1 heterocycles. The second kappa shape index (κ2) is 10.4. The van der Waals surface area contributed by atoms with Crippen LogP contribution in [-0.2, 0) is 0 Å². The minimum atomic E-state index is 0. The molecule has 0 saturated carbocycles. The third kappa shape index (κ3) is 5.99. The van der Waals surface area contributed by atoms with E-state index >= 15 is 0 Å². The van der Waals surface area contributed by atoms with Gasteiger partial charge in [-0.3, -0.25) is 4.98 Å². The molecular weight excluding hydrogens is 354 g/mol. The zero-order valence-corrected chi connectivity index (χ0v) is 15.8. The Hall–Kier alpha value is -1.33. The van der Waals surface area contributed by atoms with E-state index in [1.54, 1.807) is 18.3 Å². The van der Waals surface area contributed by atoms with E-state index in [1.165, 1.54) is 19.4 Å². The molecule has 0 aliphatic rings. The predicted molar refractivity (Wildman–Crippen MR) is 104 cm³/mol. The molecule has 0 saturated heterocycles. The van der Waals surface area contributed by atoms with Gasteiger partial charge in [-0.05, 0) is 44.6 Å². The molecule has 1 aromatic heterocycles. The summed E-state index contributed by atoms with van der Waals surface area (Å²) in [6.07, 6.45) is 5.37. The van der Waals surface area contributed by atoms with Crippen LogP contribution in [0.3, 0.4) is 0 Å². The number of pyridine rings is 1. The summed E-state index contributed by atoms with van der Waals surface area (Å²) in [6, 6.07) is 7.36. The first-order valence-corrected chi connectivity index (χ1v) is 8.28. The molecule has 1 aromatic carbocycles. The minimum absolute atomic E-state index is 0.